The van der Waals surface area contributed by atoms with Crippen LogP contribution >= 0.6 is 0 Å². The van der Waals surface area contributed by atoms with Gasteiger partial charge in [0.2, 0.25) is 0 Å². The highest BCUT2D eigenvalue weighted by molar-refractivity contribution is 5.93. The molecule has 0 heterocycles. The molecule has 0 aromatic heterocycles. The van der Waals surface area contributed by atoms with Crippen molar-refractivity contribution in [1.82, 2.24) is 4.90 Å². The number of benzene rings is 2. The van der Waals surface area contributed by atoms with Crippen molar-refractivity contribution < 1.29 is 10.2 Å². The van der Waals surface area contributed by atoms with Gasteiger partial charge in [-0.2, -0.15) is 0 Å². The minimum atomic E-state index is -0.0880. The van der Waals surface area contributed by atoms with Gasteiger partial charge in [-0.25, -0.2) is 0 Å². The summed E-state index contributed by atoms with van der Waals surface area (Å²) in [7, 11) is 2.01. The predicted molar refractivity (Wildman–Crippen MR) is 100.0 cm³/mol. The summed E-state index contributed by atoms with van der Waals surface area (Å²) in [5.41, 5.74) is 0.996. The standard InChI is InChI=1S/C21H25NO2/c1-21(2,3)13-6-5-7-14-22(4)15-17-10-8-9-16-11-12-18(23)20(24)19(16)17/h5,7-12,23-24H,14-15H2,1-4H3/b7-5+. The summed E-state index contributed by atoms with van der Waals surface area (Å²) in [5, 5.41) is 21.6. The lowest BCUT2D eigenvalue weighted by Crippen LogP contribution is -2.17. The van der Waals surface area contributed by atoms with Crippen molar-refractivity contribution in [2.24, 2.45) is 5.41 Å². The predicted octanol–water partition coefficient (Wildman–Crippen LogP) is 4.29. The van der Waals surface area contributed by atoms with E-state index in [2.05, 4.69) is 37.5 Å². The molecule has 0 amide bonds. The Labute approximate surface area is 144 Å². The Balaban J connectivity index is 2.11. The molecule has 2 aromatic rings. The van der Waals surface area contributed by atoms with E-state index in [0.717, 1.165) is 17.5 Å². The first-order valence-electron chi connectivity index (χ1n) is 8.07. The fourth-order valence-electron chi connectivity index (χ4n) is 2.46. The van der Waals surface area contributed by atoms with Gasteiger partial charge in [0.1, 0.15) is 0 Å². The number of phenols is 2. The Morgan fingerprint density at radius 2 is 1.88 bits per heavy atom. The van der Waals surface area contributed by atoms with E-state index in [1.165, 1.54) is 6.07 Å². The molecule has 0 atom stereocenters. The summed E-state index contributed by atoms with van der Waals surface area (Å²) in [6.07, 6.45) is 3.91. The number of hydrogen-bond donors (Lipinski definition) is 2. The molecular formula is C21H25NO2. The maximum absolute atomic E-state index is 10.2. The number of rotatable bonds is 4. The summed E-state index contributed by atoms with van der Waals surface area (Å²) in [6, 6.07) is 9.20. The molecular weight excluding hydrogens is 298 g/mol. The van der Waals surface area contributed by atoms with Crippen LogP contribution in [0.3, 0.4) is 0 Å². The zero-order valence-corrected chi connectivity index (χ0v) is 14.8. The topological polar surface area (TPSA) is 43.7 Å². The van der Waals surface area contributed by atoms with Crippen molar-refractivity contribution >= 4 is 10.8 Å². The average Bonchev–Trinajstić information content (AvgIpc) is 2.49. The molecule has 2 N–H and O–H groups in total. The molecule has 0 radical (unpaired) electrons. The molecule has 0 bridgehead atoms. The first-order valence-corrected chi connectivity index (χ1v) is 8.07. The molecule has 0 aliphatic rings. The second-order valence-corrected chi connectivity index (χ2v) is 7.07. The Bertz CT molecular complexity index is 804. The van der Waals surface area contributed by atoms with Crippen molar-refractivity contribution in [3.05, 3.63) is 48.0 Å². The van der Waals surface area contributed by atoms with E-state index < -0.39 is 0 Å². The van der Waals surface area contributed by atoms with E-state index in [4.69, 9.17) is 0 Å². The summed E-state index contributed by atoms with van der Waals surface area (Å²) in [6.45, 7) is 7.69. The van der Waals surface area contributed by atoms with Gasteiger partial charge in [0.25, 0.3) is 0 Å². The number of aromatic hydroxyl groups is 2. The van der Waals surface area contributed by atoms with E-state index in [1.54, 1.807) is 0 Å². The van der Waals surface area contributed by atoms with Crippen LogP contribution in [0.1, 0.15) is 26.3 Å². The van der Waals surface area contributed by atoms with E-state index >= 15 is 0 Å². The van der Waals surface area contributed by atoms with Gasteiger partial charge in [-0.1, -0.05) is 42.2 Å². The van der Waals surface area contributed by atoms with Gasteiger partial charge < -0.3 is 10.2 Å². The number of phenolic OH excluding ortho intramolecular Hbond substituents is 2. The lowest BCUT2D eigenvalue weighted by atomic mass is 9.98. The maximum Gasteiger partial charge on any atom is 0.165 e. The van der Waals surface area contributed by atoms with E-state index in [-0.39, 0.29) is 16.9 Å². The maximum atomic E-state index is 10.2. The van der Waals surface area contributed by atoms with Crippen molar-refractivity contribution in [2.45, 2.75) is 27.3 Å². The molecule has 0 spiro atoms. The fraction of sp³-hybridized carbons (Fsp3) is 0.333. The molecule has 0 saturated carbocycles. The highest BCUT2D eigenvalue weighted by atomic mass is 16.3. The van der Waals surface area contributed by atoms with Crippen LogP contribution in [0.25, 0.3) is 10.8 Å². The van der Waals surface area contributed by atoms with E-state index in [9.17, 15) is 10.2 Å². The molecule has 3 heteroatoms. The third-order valence-electron chi connectivity index (χ3n) is 3.59. The van der Waals surface area contributed by atoms with Gasteiger partial charge in [0.05, 0.1) is 0 Å². The average molecular weight is 323 g/mol. The number of likely N-dealkylation sites (N-methyl/N-ethyl adjacent to an activating group) is 1. The number of allylic oxidation sites excluding steroid dienone is 1. The van der Waals surface area contributed by atoms with Crippen LogP contribution in [-0.2, 0) is 6.54 Å². The quantitative estimate of drug-likeness (QED) is 0.652. The first kappa shape index (κ1) is 17.9. The van der Waals surface area contributed by atoms with Gasteiger partial charge in [-0.05, 0) is 50.9 Å². The Morgan fingerprint density at radius 3 is 2.58 bits per heavy atom. The first-order chi connectivity index (χ1) is 11.3. The molecule has 0 aliphatic carbocycles. The van der Waals surface area contributed by atoms with Crippen LogP contribution in [0.2, 0.25) is 0 Å². The van der Waals surface area contributed by atoms with Gasteiger partial charge in [-0.15, -0.1) is 0 Å². The smallest absolute Gasteiger partial charge is 0.165 e. The van der Waals surface area contributed by atoms with Crippen molar-refractivity contribution in [1.29, 1.82) is 0 Å². The van der Waals surface area contributed by atoms with Crippen molar-refractivity contribution in [2.75, 3.05) is 13.6 Å². The van der Waals surface area contributed by atoms with Crippen LogP contribution in [0, 0.1) is 17.3 Å². The molecule has 126 valence electrons. The largest absolute Gasteiger partial charge is 0.504 e. The molecule has 3 nitrogen and oxygen atoms in total. The number of nitrogens with zero attached hydrogens (tertiary/aromatic N) is 1. The molecule has 0 fully saturated rings. The molecule has 0 aliphatic heterocycles. The van der Waals surface area contributed by atoms with Crippen LogP contribution in [0.4, 0.5) is 0 Å². The second-order valence-electron chi connectivity index (χ2n) is 7.07. The zero-order chi connectivity index (χ0) is 17.7. The molecule has 0 saturated heterocycles. The third kappa shape index (κ3) is 4.78. The van der Waals surface area contributed by atoms with Crippen LogP contribution in [-0.4, -0.2) is 28.7 Å². The summed E-state index contributed by atoms with van der Waals surface area (Å²) in [4.78, 5) is 2.13. The monoisotopic (exact) mass is 323 g/mol. The van der Waals surface area contributed by atoms with Gasteiger partial charge >= 0.3 is 0 Å². The molecule has 2 rings (SSSR count). The van der Waals surface area contributed by atoms with Crippen LogP contribution in [0.15, 0.2) is 42.5 Å². The zero-order valence-electron chi connectivity index (χ0n) is 14.8. The van der Waals surface area contributed by atoms with E-state index in [0.29, 0.717) is 11.9 Å². The normalized spacial score (nSPS) is 11.9. The van der Waals surface area contributed by atoms with Crippen molar-refractivity contribution in [3.63, 3.8) is 0 Å². The minimum Gasteiger partial charge on any atom is -0.504 e. The van der Waals surface area contributed by atoms with Crippen LogP contribution in [0.5, 0.6) is 11.5 Å². The van der Waals surface area contributed by atoms with Crippen molar-refractivity contribution in [3.8, 4) is 23.3 Å². The highest BCUT2D eigenvalue weighted by Crippen LogP contribution is 2.35. The minimum absolute atomic E-state index is 0.0126. The molecule has 24 heavy (non-hydrogen) atoms. The highest BCUT2D eigenvalue weighted by Gasteiger charge is 2.10. The number of fused-ring (bicyclic) bond motifs is 1. The fourth-order valence-corrected chi connectivity index (χ4v) is 2.46. The summed E-state index contributed by atoms with van der Waals surface area (Å²) >= 11 is 0. The number of hydrogen-bond acceptors (Lipinski definition) is 3. The van der Waals surface area contributed by atoms with E-state index in [1.807, 2.05) is 43.5 Å². The second kappa shape index (κ2) is 7.42. The molecule has 2 aromatic carbocycles. The molecule has 0 unspecified atom stereocenters. The van der Waals surface area contributed by atoms with Gasteiger partial charge in [0.15, 0.2) is 11.5 Å². The Hall–Kier alpha value is -2.44. The summed E-state index contributed by atoms with van der Waals surface area (Å²) < 4.78 is 0. The summed E-state index contributed by atoms with van der Waals surface area (Å²) in [5.74, 6) is 6.09. The Kier molecular flexibility index (Phi) is 5.54. The lowest BCUT2D eigenvalue weighted by molar-refractivity contribution is 0.363. The van der Waals surface area contributed by atoms with Gasteiger partial charge in [0, 0.05) is 23.9 Å². The Morgan fingerprint density at radius 1 is 1.12 bits per heavy atom. The van der Waals surface area contributed by atoms with Gasteiger partial charge in [-0.3, -0.25) is 4.90 Å². The lowest BCUT2D eigenvalue weighted by Gasteiger charge is -2.16. The third-order valence-corrected chi connectivity index (χ3v) is 3.59. The van der Waals surface area contributed by atoms with Crippen LogP contribution < -0.4 is 0 Å². The SMILES string of the molecule is CN(C/C=C/C#CC(C)(C)C)Cc1cccc2ccc(O)c(O)c12.